The van der Waals surface area contributed by atoms with Gasteiger partial charge < -0.3 is 9.84 Å². The fraction of sp³-hybridized carbons (Fsp3) is 0.0800. The van der Waals surface area contributed by atoms with E-state index in [1.165, 1.54) is 12.1 Å². The van der Waals surface area contributed by atoms with Crippen LogP contribution in [-0.4, -0.2) is 11.1 Å². The molecule has 0 saturated carbocycles. The topological polar surface area (TPSA) is 46.5 Å². The summed E-state index contributed by atoms with van der Waals surface area (Å²) in [6.07, 6.45) is 1.83. The van der Waals surface area contributed by atoms with Crippen molar-refractivity contribution in [1.82, 2.24) is 0 Å². The molecule has 5 heteroatoms. The second-order valence-electron chi connectivity index (χ2n) is 7.05. The van der Waals surface area contributed by atoms with Crippen molar-refractivity contribution in [2.24, 2.45) is 0 Å². The molecular weight excluding hydrogens is 403 g/mol. The van der Waals surface area contributed by atoms with Gasteiger partial charge in [0, 0.05) is 5.02 Å². The number of ether oxygens (including phenoxy) is 1. The smallest absolute Gasteiger partial charge is 0.307 e. The van der Waals surface area contributed by atoms with Crippen molar-refractivity contribution in [3.8, 4) is 11.5 Å². The van der Waals surface area contributed by atoms with Crippen molar-refractivity contribution >= 4 is 34.8 Å². The van der Waals surface area contributed by atoms with Crippen molar-refractivity contribution in [2.45, 2.75) is 13.3 Å². The Morgan fingerprint density at radius 2 is 1.80 bits per heavy atom. The Morgan fingerprint density at radius 3 is 2.50 bits per heavy atom. The number of carboxylic acids is 1. The normalized spacial score (nSPS) is 14.2. The quantitative estimate of drug-likeness (QED) is 0.480. The lowest BCUT2D eigenvalue weighted by molar-refractivity contribution is -0.135. The molecule has 0 bridgehead atoms. The zero-order chi connectivity index (χ0) is 21.3. The number of allylic oxidation sites excluding steroid dienone is 2. The van der Waals surface area contributed by atoms with Gasteiger partial charge in [0.15, 0.2) is 0 Å². The molecule has 0 saturated heterocycles. The first kappa shape index (κ1) is 19.9. The van der Waals surface area contributed by atoms with Crippen LogP contribution in [-0.2, 0) is 4.79 Å². The Kier molecular flexibility index (Phi) is 5.42. The second kappa shape index (κ2) is 8.17. The van der Waals surface area contributed by atoms with Gasteiger partial charge >= 0.3 is 5.97 Å². The molecule has 0 radical (unpaired) electrons. The van der Waals surface area contributed by atoms with Gasteiger partial charge in [-0.3, -0.25) is 4.79 Å². The van der Waals surface area contributed by atoms with Gasteiger partial charge in [0.1, 0.15) is 17.3 Å². The van der Waals surface area contributed by atoms with Crippen molar-refractivity contribution in [3.63, 3.8) is 0 Å². The number of rotatable bonds is 5. The van der Waals surface area contributed by atoms with E-state index in [1.54, 1.807) is 18.2 Å². The number of hydrogen-bond donors (Lipinski definition) is 1. The first-order valence-corrected chi connectivity index (χ1v) is 9.76. The van der Waals surface area contributed by atoms with Gasteiger partial charge in [-0.1, -0.05) is 35.9 Å². The average Bonchev–Trinajstić information content (AvgIpc) is 2.94. The number of fused-ring (bicyclic) bond motifs is 1. The summed E-state index contributed by atoms with van der Waals surface area (Å²) >= 11 is 5.99. The first-order chi connectivity index (χ1) is 14.4. The third-order valence-electron chi connectivity index (χ3n) is 5.00. The molecule has 1 aliphatic carbocycles. The van der Waals surface area contributed by atoms with Crippen LogP contribution in [0.1, 0.15) is 30.0 Å². The zero-order valence-electron chi connectivity index (χ0n) is 16.2. The summed E-state index contributed by atoms with van der Waals surface area (Å²) in [5.74, 6) is 0.00103. The fourth-order valence-electron chi connectivity index (χ4n) is 3.60. The van der Waals surface area contributed by atoms with Crippen molar-refractivity contribution in [3.05, 3.63) is 99.8 Å². The Bertz CT molecular complexity index is 1190. The molecule has 0 heterocycles. The number of carboxylic acid groups (broad SMARTS) is 1. The Hall–Kier alpha value is -3.37. The highest BCUT2D eigenvalue weighted by molar-refractivity contribution is 6.30. The molecule has 3 nitrogen and oxygen atoms in total. The molecule has 3 aromatic carbocycles. The van der Waals surface area contributed by atoms with Crippen LogP contribution in [0.25, 0.3) is 17.2 Å². The molecule has 1 N–H and O–H groups in total. The number of benzene rings is 3. The lowest BCUT2D eigenvalue weighted by Gasteiger charge is -2.07. The molecule has 0 atom stereocenters. The van der Waals surface area contributed by atoms with E-state index in [-0.39, 0.29) is 12.2 Å². The van der Waals surface area contributed by atoms with Crippen LogP contribution < -0.4 is 4.74 Å². The minimum atomic E-state index is -0.941. The van der Waals surface area contributed by atoms with Crippen molar-refractivity contribution < 1.29 is 19.0 Å². The lowest BCUT2D eigenvalue weighted by Crippen LogP contribution is -1.97. The van der Waals surface area contributed by atoms with E-state index in [0.717, 1.165) is 22.3 Å². The van der Waals surface area contributed by atoms with Crippen LogP contribution in [0.4, 0.5) is 4.39 Å². The molecule has 4 rings (SSSR count). The molecule has 0 unspecified atom stereocenters. The molecule has 0 aliphatic heterocycles. The predicted octanol–water partition coefficient (Wildman–Crippen LogP) is 7.07. The lowest BCUT2D eigenvalue weighted by atomic mass is 10.0. The largest absolute Gasteiger partial charge is 0.481 e. The van der Waals surface area contributed by atoms with Gasteiger partial charge in [-0.15, -0.1) is 0 Å². The maximum absolute atomic E-state index is 13.8. The molecule has 1 aliphatic rings. The SMILES string of the molecule is CC1=C(CC(=O)O)c2cc(F)ccc2/C1=C\c1ccc(Oc2cccc(Cl)c2)cc1. The second-order valence-corrected chi connectivity index (χ2v) is 7.49. The molecule has 0 spiro atoms. The predicted molar refractivity (Wildman–Crippen MR) is 117 cm³/mol. The summed E-state index contributed by atoms with van der Waals surface area (Å²) in [6, 6.07) is 19.2. The molecule has 0 amide bonds. The van der Waals surface area contributed by atoms with Crippen LogP contribution >= 0.6 is 11.6 Å². The number of hydrogen-bond acceptors (Lipinski definition) is 2. The molecule has 0 fully saturated rings. The summed E-state index contributed by atoms with van der Waals surface area (Å²) in [5, 5.41) is 9.86. The van der Waals surface area contributed by atoms with E-state index in [2.05, 4.69) is 0 Å². The van der Waals surface area contributed by atoms with Gasteiger partial charge in [-0.05, 0) is 88.9 Å². The van der Waals surface area contributed by atoms with E-state index >= 15 is 0 Å². The number of halogens is 2. The van der Waals surface area contributed by atoms with E-state index in [1.807, 2.05) is 49.4 Å². The standard InChI is InChI=1S/C25H18ClFO3/c1-15-22(21-10-7-18(27)13-24(21)23(15)14-25(28)29)11-16-5-8-19(9-6-16)30-20-4-2-3-17(26)12-20/h2-13H,14H2,1H3,(H,28,29)/b22-11-. The third kappa shape index (κ3) is 4.14. The van der Waals surface area contributed by atoms with Crippen LogP contribution in [0.15, 0.2) is 72.3 Å². The van der Waals surface area contributed by atoms with E-state index < -0.39 is 5.97 Å². The van der Waals surface area contributed by atoms with E-state index in [9.17, 15) is 14.3 Å². The van der Waals surface area contributed by atoms with E-state index in [4.69, 9.17) is 16.3 Å². The highest BCUT2D eigenvalue weighted by Crippen LogP contribution is 2.43. The highest BCUT2D eigenvalue weighted by Gasteiger charge is 2.25. The molecule has 0 aromatic heterocycles. The van der Waals surface area contributed by atoms with Gasteiger partial charge in [-0.25, -0.2) is 4.39 Å². The van der Waals surface area contributed by atoms with Crippen LogP contribution in [0, 0.1) is 5.82 Å². The molecule has 3 aromatic rings. The number of carbonyl (C=O) groups is 1. The minimum absolute atomic E-state index is 0.147. The van der Waals surface area contributed by atoms with E-state index in [0.29, 0.717) is 27.7 Å². The highest BCUT2D eigenvalue weighted by atomic mass is 35.5. The third-order valence-corrected chi connectivity index (χ3v) is 5.24. The van der Waals surface area contributed by atoms with Crippen molar-refractivity contribution in [1.29, 1.82) is 0 Å². The Labute approximate surface area is 178 Å². The van der Waals surface area contributed by atoms with Crippen LogP contribution in [0.3, 0.4) is 0 Å². The maximum Gasteiger partial charge on any atom is 0.307 e. The van der Waals surface area contributed by atoms with Gasteiger partial charge in [0.2, 0.25) is 0 Å². The van der Waals surface area contributed by atoms with Crippen LogP contribution in [0.5, 0.6) is 11.5 Å². The van der Waals surface area contributed by atoms with Crippen LogP contribution in [0.2, 0.25) is 5.02 Å². The zero-order valence-corrected chi connectivity index (χ0v) is 16.9. The fourth-order valence-corrected chi connectivity index (χ4v) is 3.78. The minimum Gasteiger partial charge on any atom is -0.481 e. The molecule has 150 valence electrons. The summed E-state index contributed by atoms with van der Waals surface area (Å²) < 4.78 is 19.6. The monoisotopic (exact) mass is 420 g/mol. The molecule has 30 heavy (non-hydrogen) atoms. The summed E-state index contributed by atoms with van der Waals surface area (Å²) in [6.45, 7) is 1.87. The summed E-state index contributed by atoms with van der Waals surface area (Å²) in [5.41, 5.74) is 4.78. The average molecular weight is 421 g/mol. The van der Waals surface area contributed by atoms with Gasteiger partial charge in [0.25, 0.3) is 0 Å². The number of aliphatic carboxylic acids is 1. The summed E-state index contributed by atoms with van der Waals surface area (Å²) in [4.78, 5) is 11.3. The van der Waals surface area contributed by atoms with Gasteiger partial charge in [-0.2, -0.15) is 0 Å². The first-order valence-electron chi connectivity index (χ1n) is 9.38. The van der Waals surface area contributed by atoms with Gasteiger partial charge in [0.05, 0.1) is 6.42 Å². The molecular formula is C25H18ClFO3. The van der Waals surface area contributed by atoms with Crippen molar-refractivity contribution in [2.75, 3.05) is 0 Å². The maximum atomic E-state index is 13.8. The Morgan fingerprint density at radius 1 is 1.03 bits per heavy atom. The summed E-state index contributed by atoms with van der Waals surface area (Å²) in [7, 11) is 0. The Balaban J connectivity index is 1.65.